The molecule has 2 aliphatic rings. The maximum absolute atomic E-state index is 11.8. The van der Waals surface area contributed by atoms with Gasteiger partial charge in [0.15, 0.2) is 0 Å². The number of primary amides is 1. The van der Waals surface area contributed by atoms with Crippen LogP contribution in [0.2, 0.25) is 5.02 Å². The Hall–Kier alpha value is -1.39. The molecule has 146 valence electrons. The Kier molecular flexibility index (Phi) is 6.59. The lowest BCUT2D eigenvalue weighted by Crippen LogP contribution is -2.39. The minimum absolute atomic E-state index is 0.0280. The number of thioether (sulfide) groups is 1. The third-order valence-corrected chi connectivity index (χ3v) is 7.19. The molecule has 0 bridgehead atoms. The molecular formula is C22H29ClN2OS. The number of anilines is 1. The molecule has 3 unspecified atom stereocenters. The van der Waals surface area contributed by atoms with Crippen LogP contribution in [0, 0.1) is 12.8 Å². The average molecular weight is 405 g/mol. The van der Waals surface area contributed by atoms with Crippen LogP contribution in [-0.4, -0.2) is 17.2 Å². The van der Waals surface area contributed by atoms with Gasteiger partial charge in [0.25, 0.3) is 0 Å². The fourth-order valence-electron chi connectivity index (χ4n) is 4.22. The number of hydrogen-bond donors (Lipinski definition) is 2. The van der Waals surface area contributed by atoms with Gasteiger partial charge in [-0.25, -0.2) is 0 Å². The van der Waals surface area contributed by atoms with Crippen LogP contribution in [0.4, 0.5) is 5.69 Å². The first kappa shape index (κ1) is 20.3. The van der Waals surface area contributed by atoms with Crippen molar-refractivity contribution < 1.29 is 4.79 Å². The second-order valence-electron chi connectivity index (χ2n) is 7.60. The molecule has 0 aromatic heterocycles. The van der Waals surface area contributed by atoms with E-state index in [1.807, 2.05) is 23.9 Å². The molecule has 0 radical (unpaired) electrons. The monoisotopic (exact) mass is 404 g/mol. The molecule has 3 rings (SSSR count). The zero-order valence-electron chi connectivity index (χ0n) is 16.3. The van der Waals surface area contributed by atoms with Crippen LogP contribution in [0.15, 0.2) is 29.2 Å². The number of fused-ring (bicyclic) bond motifs is 1. The summed E-state index contributed by atoms with van der Waals surface area (Å²) in [6, 6.07) is 3.99. The Morgan fingerprint density at radius 3 is 2.81 bits per heavy atom. The average Bonchev–Trinajstić information content (AvgIpc) is 3.02. The standard InChI is InChI=1S/C22H29ClN2OS/c1-4-5-6-16-17(11-15-8-7-13(2)27-15)20(12-21(24)26)25-19-10-9-18(23)14(3)22(16)19/h6-7,9-10,15,17,20,25H,4-5,8,11-12H2,1-3H3,(H2,24,26)/b16-6+. The molecule has 3 nitrogen and oxygen atoms in total. The van der Waals surface area contributed by atoms with Gasteiger partial charge in [-0.05, 0) is 61.3 Å². The summed E-state index contributed by atoms with van der Waals surface area (Å²) in [6.07, 6.45) is 9.28. The largest absolute Gasteiger partial charge is 0.381 e. The lowest BCUT2D eigenvalue weighted by Gasteiger charge is -2.39. The zero-order valence-corrected chi connectivity index (χ0v) is 17.9. The first-order valence-electron chi connectivity index (χ1n) is 9.78. The van der Waals surface area contributed by atoms with Crippen LogP contribution >= 0.6 is 23.4 Å². The van der Waals surface area contributed by atoms with Gasteiger partial charge in [0.2, 0.25) is 5.91 Å². The number of allylic oxidation sites excluding steroid dienone is 3. The van der Waals surface area contributed by atoms with Crippen LogP contribution in [-0.2, 0) is 4.79 Å². The number of nitrogens with one attached hydrogen (secondary N) is 1. The van der Waals surface area contributed by atoms with E-state index in [2.05, 4.69) is 38.2 Å². The summed E-state index contributed by atoms with van der Waals surface area (Å²) in [6.45, 7) is 6.46. The number of amides is 1. The Morgan fingerprint density at radius 2 is 2.19 bits per heavy atom. The summed E-state index contributed by atoms with van der Waals surface area (Å²) in [5, 5.41) is 4.96. The van der Waals surface area contributed by atoms with Gasteiger partial charge in [-0.15, -0.1) is 11.8 Å². The summed E-state index contributed by atoms with van der Waals surface area (Å²) in [5.74, 6) is 0.000346. The van der Waals surface area contributed by atoms with E-state index in [9.17, 15) is 4.79 Å². The molecule has 5 heteroatoms. The maximum Gasteiger partial charge on any atom is 0.219 e. The van der Waals surface area contributed by atoms with Crippen molar-refractivity contribution >= 4 is 40.5 Å². The van der Waals surface area contributed by atoms with E-state index in [-0.39, 0.29) is 17.9 Å². The first-order valence-corrected chi connectivity index (χ1v) is 11.0. The highest BCUT2D eigenvalue weighted by Gasteiger charge is 2.36. The van der Waals surface area contributed by atoms with Gasteiger partial charge >= 0.3 is 0 Å². The first-order chi connectivity index (χ1) is 12.9. The third-order valence-electron chi connectivity index (χ3n) is 5.53. The number of unbranched alkanes of at least 4 members (excludes halogenated alkanes) is 1. The van der Waals surface area contributed by atoms with Gasteiger partial charge in [-0.2, -0.15) is 0 Å². The van der Waals surface area contributed by atoms with E-state index >= 15 is 0 Å². The lowest BCUT2D eigenvalue weighted by molar-refractivity contribution is -0.118. The molecule has 0 spiro atoms. The van der Waals surface area contributed by atoms with Crippen molar-refractivity contribution in [3.05, 3.63) is 45.3 Å². The number of carbonyl (C=O) groups is 1. The molecule has 0 saturated heterocycles. The molecule has 0 aliphatic carbocycles. The van der Waals surface area contributed by atoms with E-state index in [4.69, 9.17) is 17.3 Å². The molecule has 0 fully saturated rings. The minimum atomic E-state index is -0.255. The van der Waals surface area contributed by atoms with E-state index < -0.39 is 0 Å². The van der Waals surface area contributed by atoms with Gasteiger partial charge in [-0.1, -0.05) is 37.1 Å². The van der Waals surface area contributed by atoms with Gasteiger partial charge in [0.1, 0.15) is 0 Å². The summed E-state index contributed by atoms with van der Waals surface area (Å²) < 4.78 is 0. The predicted octanol–water partition coefficient (Wildman–Crippen LogP) is 5.92. The van der Waals surface area contributed by atoms with Crippen LogP contribution in [0.25, 0.3) is 5.57 Å². The molecule has 1 aromatic rings. The van der Waals surface area contributed by atoms with E-state index in [1.54, 1.807) is 0 Å². The zero-order chi connectivity index (χ0) is 19.6. The second-order valence-corrected chi connectivity index (χ2v) is 9.55. The Labute approximate surface area is 171 Å². The highest BCUT2D eigenvalue weighted by molar-refractivity contribution is 8.03. The number of benzene rings is 1. The van der Waals surface area contributed by atoms with E-state index in [0.717, 1.165) is 42.0 Å². The number of hydrogen-bond acceptors (Lipinski definition) is 3. The van der Waals surface area contributed by atoms with Crippen LogP contribution < -0.4 is 11.1 Å². The molecule has 3 atom stereocenters. The number of nitrogens with two attached hydrogens (primary N) is 1. The highest BCUT2D eigenvalue weighted by atomic mass is 35.5. The predicted molar refractivity (Wildman–Crippen MR) is 118 cm³/mol. The SMILES string of the molecule is CCC/C=C1/c2c(ccc(Cl)c2C)NC(CC(N)=O)C1CC1CC=C(C)S1. The summed E-state index contributed by atoms with van der Waals surface area (Å²) in [5.41, 5.74) is 10.3. The molecule has 1 amide bonds. The smallest absolute Gasteiger partial charge is 0.219 e. The second kappa shape index (κ2) is 8.74. The molecule has 2 aliphatic heterocycles. The van der Waals surface area contributed by atoms with E-state index in [0.29, 0.717) is 11.7 Å². The van der Waals surface area contributed by atoms with Gasteiger partial charge in [-0.3, -0.25) is 4.79 Å². The van der Waals surface area contributed by atoms with Gasteiger partial charge in [0.05, 0.1) is 0 Å². The van der Waals surface area contributed by atoms with E-state index in [1.165, 1.54) is 16.0 Å². The Balaban J connectivity index is 2.02. The Morgan fingerprint density at radius 1 is 1.41 bits per heavy atom. The topological polar surface area (TPSA) is 55.1 Å². The molecular weight excluding hydrogens is 376 g/mol. The molecule has 27 heavy (non-hydrogen) atoms. The minimum Gasteiger partial charge on any atom is -0.381 e. The fourth-order valence-corrected chi connectivity index (χ4v) is 5.59. The van der Waals surface area contributed by atoms with Crippen molar-refractivity contribution in [1.82, 2.24) is 0 Å². The molecule has 0 saturated carbocycles. The van der Waals surface area contributed by atoms with Crippen molar-refractivity contribution in [2.45, 2.75) is 64.2 Å². The van der Waals surface area contributed by atoms with Crippen molar-refractivity contribution in [2.75, 3.05) is 5.32 Å². The number of carbonyl (C=O) groups excluding carboxylic acids is 1. The summed E-state index contributed by atoms with van der Waals surface area (Å²) in [7, 11) is 0. The molecule has 3 N–H and O–H groups in total. The van der Waals surface area contributed by atoms with Crippen molar-refractivity contribution in [3.8, 4) is 0 Å². The summed E-state index contributed by atoms with van der Waals surface area (Å²) >= 11 is 8.42. The number of halogens is 1. The normalized spacial score (nSPS) is 25.9. The Bertz CT molecular complexity index is 787. The number of rotatable bonds is 6. The summed E-state index contributed by atoms with van der Waals surface area (Å²) in [4.78, 5) is 13.2. The molecule has 1 aromatic carbocycles. The van der Waals surface area contributed by atoms with Gasteiger partial charge in [0, 0.05) is 39.9 Å². The van der Waals surface area contributed by atoms with Gasteiger partial charge < -0.3 is 11.1 Å². The lowest BCUT2D eigenvalue weighted by atomic mass is 9.76. The van der Waals surface area contributed by atoms with Crippen LogP contribution in [0.1, 0.15) is 57.1 Å². The molecule has 2 heterocycles. The maximum atomic E-state index is 11.8. The van der Waals surface area contributed by atoms with Crippen LogP contribution in [0.5, 0.6) is 0 Å². The van der Waals surface area contributed by atoms with Crippen molar-refractivity contribution in [1.29, 1.82) is 0 Å². The highest BCUT2D eigenvalue weighted by Crippen LogP contribution is 2.47. The van der Waals surface area contributed by atoms with Crippen molar-refractivity contribution in [3.63, 3.8) is 0 Å². The van der Waals surface area contributed by atoms with Crippen molar-refractivity contribution in [2.24, 2.45) is 11.7 Å². The quantitative estimate of drug-likeness (QED) is 0.618. The van der Waals surface area contributed by atoms with Crippen LogP contribution in [0.3, 0.4) is 0 Å². The third kappa shape index (κ3) is 4.55. The fraction of sp³-hybridized carbons (Fsp3) is 0.500.